The van der Waals surface area contributed by atoms with Crippen LogP contribution in [0, 0.1) is 0 Å². The van der Waals surface area contributed by atoms with Gasteiger partial charge in [0.15, 0.2) is 5.65 Å². The fraction of sp³-hybridized carbons (Fsp3) is 0.240. The highest BCUT2D eigenvalue weighted by atomic mass is 35.5. The third-order valence-corrected chi connectivity index (χ3v) is 6.66. The lowest BCUT2D eigenvalue weighted by Crippen LogP contribution is -2.33. The smallest absolute Gasteiger partial charge is 0.254 e. The Balaban J connectivity index is 1.41. The maximum atomic E-state index is 12.8. The van der Waals surface area contributed by atoms with Gasteiger partial charge in [0.2, 0.25) is 0 Å². The zero-order valence-electron chi connectivity index (χ0n) is 18.1. The predicted octanol–water partition coefficient (Wildman–Crippen LogP) is 5.94. The monoisotopic (exact) mass is 479 g/mol. The molecule has 168 valence electrons. The van der Waals surface area contributed by atoms with Gasteiger partial charge in [-0.3, -0.25) is 4.79 Å². The summed E-state index contributed by atoms with van der Waals surface area (Å²) in [6, 6.07) is 17.2. The molecule has 3 heterocycles. The van der Waals surface area contributed by atoms with Crippen molar-refractivity contribution in [2.24, 2.45) is 0 Å². The van der Waals surface area contributed by atoms with Crippen LogP contribution in [0.2, 0.25) is 10.0 Å². The number of hydrogen-bond donors (Lipinski definition) is 1. The number of likely N-dealkylation sites (tertiary alicyclic amines) is 1. The van der Waals surface area contributed by atoms with Crippen molar-refractivity contribution in [3.63, 3.8) is 0 Å². The van der Waals surface area contributed by atoms with Crippen LogP contribution in [-0.2, 0) is 6.54 Å². The summed E-state index contributed by atoms with van der Waals surface area (Å²) in [5.41, 5.74) is 4.08. The molecule has 1 saturated heterocycles. The van der Waals surface area contributed by atoms with E-state index in [0.717, 1.165) is 47.7 Å². The molecule has 1 amide bonds. The van der Waals surface area contributed by atoms with Crippen LogP contribution in [0.1, 0.15) is 35.7 Å². The van der Waals surface area contributed by atoms with Gasteiger partial charge in [-0.25, -0.2) is 4.98 Å². The first-order valence-electron chi connectivity index (χ1n) is 10.9. The van der Waals surface area contributed by atoms with Crippen molar-refractivity contribution < 1.29 is 4.79 Å². The molecule has 1 aliphatic heterocycles. The van der Waals surface area contributed by atoms with Gasteiger partial charge in [-0.1, -0.05) is 41.4 Å². The zero-order chi connectivity index (χ0) is 22.9. The summed E-state index contributed by atoms with van der Waals surface area (Å²) < 4.78 is 1.75. The fourth-order valence-corrected chi connectivity index (χ4v) is 4.70. The van der Waals surface area contributed by atoms with Crippen LogP contribution in [0.25, 0.3) is 16.9 Å². The van der Waals surface area contributed by atoms with Gasteiger partial charge in [0.25, 0.3) is 5.91 Å². The molecule has 1 fully saturated rings. The lowest BCUT2D eigenvalue weighted by Gasteiger charge is -2.21. The van der Waals surface area contributed by atoms with E-state index in [1.165, 1.54) is 0 Å². The van der Waals surface area contributed by atoms with Crippen molar-refractivity contribution >= 4 is 40.6 Å². The Labute approximate surface area is 202 Å². The highest BCUT2D eigenvalue weighted by Gasteiger charge is 2.25. The van der Waals surface area contributed by atoms with E-state index in [9.17, 15) is 4.79 Å². The summed E-state index contributed by atoms with van der Waals surface area (Å²) >= 11 is 12.3. The van der Waals surface area contributed by atoms with E-state index in [4.69, 9.17) is 28.2 Å². The summed E-state index contributed by atoms with van der Waals surface area (Å²) in [5.74, 6) is 0.880. The number of nitrogens with zero attached hydrogens (tertiary/aromatic N) is 4. The standard InChI is InChI=1S/C25H23Cl2N5O/c1-16-3-2-12-31(16)25(33)18-6-4-17(5-7-18)22-14-24(32-23(30-22)10-11-29-32)28-15-19-8-9-20(26)13-21(19)27/h4-11,13-14,16,28H,2-3,12,15H2,1H3. The van der Waals surface area contributed by atoms with Gasteiger partial charge in [-0.2, -0.15) is 9.61 Å². The third kappa shape index (κ3) is 4.41. The number of hydrogen-bond acceptors (Lipinski definition) is 4. The third-order valence-electron chi connectivity index (χ3n) is 6.08. The van der Waals surface area contributed by atoms with Gasteiger partial charge in [-0.05, 0) is 49.6 Å². The summed E-state index contributed by atoms with van der Waals surface area (Å²) in [5, 5.41) is 8.99. The van der Waals surface area contributed by atoms with E-state index >= 15 is 0 Å². The quantitative estimate of drug-likeness (QED) is 0.384. The molecule has 2 aromatic carbocycles. The maximum absolute atomic E-state index is 12.8. The van der Waals surface area contributed by atoms with Crippen molar-refractivity contribution in [1.82, 2.24) is 19.5 Å². The number of carbonyl (C=O) groups excluding carboxylic acids is 1. The Morgan fingerprint density at radius 1 is 1.12 bits per heavy atom. The Kier molecular flexibility index (Phi) is 5.96. The van der Waals surface area contributed by atoms with E-state index in [1.807, 2.05) is 53.4 Å². The largest absolute Gasteiger partial charge is 0.366 e. The molecule has 4 aromatic rings. The minimum absolute atomic E-state index is 0.0907. The van der Waals surface area contributed by atoms with Crippen molar-refractivity contribution in [3.05, 3.63) is 82.0 Å². The van der Waals surface area contributed by atoms with Crippen molar-refractivity contribution in [2.45, 2.75) is 32.4 Å². The number of carbonyl (C=O) groups is 1. The second-order valence-electron chi connectivity index (χ2n) is 8.28. The molecule has 8 heteroatoms. The molecule has 33 heavy (non-hydrogen) atoms. The van der Waals surface area contributed by atoms with E-state index in [1.54, 1.807) is 16.8 Å². The normalized spacial score (nSPS) is 15.8. The molecule has 2 aromatic heterocycles. The molecule has 1 atom stereocenters. The molecule has 0 spiro atoms. The molecule has 0 radical (unpaired) electrons. The number of benzene rings is 2. The Hall–Kier alpha value is -3.09. The second-order valence-corrected chi connectivity index (χ2v) is 9.13. The van der Waals surface area contributed by atoms with Crippen LogP contribution in [0.4, 0.5) is 5.82 Å². The Bertz CT molecular complexity index is 1320. The van der Waals surface area contributed by atoms with E-state index in [-0.39, 0.29) is 5.91 Å². The second kappa shape index (κ2) is 9.04. The van der Waals surface area contributed by atoms with Crippen LogP contribution >= 0.6 is 23.2 Å². The van der Waals surface area contributed by atoms with E-state index < -0.39 is 0 Å². The van der Waals surface area contributed by atoms with Crippen LogP contribution in [0.5, 0.6) is 0 Å². The number of halogens is 2. The number of nitrogens with one attached hydrogen (secondary N) is 1. The van der Waals surface area contributed by atoms with Crippen molar-refractivity contribution in [1.29, 1.82) is 0 Å². The van der Waals surface area contributed by atoms with Crippen LogP contribution < -0.4 is 5.32 Å². The minimum atomic E-state index is 0.0907. The number of amides is 1. The summed E-state index contributed by atoms with van der Waals surface area (Å²) in [6.07, 6.45) is 3.85. The highest BCUT2D eigenvalue weighted by molar-refractivity contribution is 6.35. The molecule has 5 rings (SSSR count). The average molecular weight is 480 g/mol. The van der Waals surface area contributed by atoms with E-state index in [2.05, 4.69) is 17.3 Å². The van der Waals surface area contributed by atoms with Crippen LogP contribution in [0.15, 0.2) is 60.8 Å². The fourth-order valence-electron chi connectivity index (χ4n) is 4.22. The SMILES string of the molecule is CC1CCCN1C(=O)c1ccc(-c2cc(NCc3ccc(Cl)cc3Cl)n3nccc3n2)cc1. The molecular weight excluding hydrogens is 457 g/mol. The maximum Gasteiger partial charge on any atom is 0.254 e. The van der Waals surface area contributed by atoms with Gasteiger partial charge in [-0.15, -0.1) is 0 Å². The lowest BCUT2D eigenvalue weighted by atomic mass is 10.1. The van der Waals surface area contributed by atoms with Gasteiger partial charge in [0.05, 0.1) is 11.9 Å². The molecule has 6 nitrogen and oxygen atoms in total. The van der Waals surface area contributed by atoms with Gasteiger partial charge >= 0.3 is 0 Å². The van der Waals surface area contributed by atoms with Crippen LogP contribution in [0.3, 0.4) is 0 Å². The molecule has 0 bridgehead atoms. The van der Waals surface area contributed by atoms with Gasteiger partial charge in [0.1, 0.15) is 5.82 Å². The van der Waals surface area contributed by atoms with Gasteiger partial charge in [0, 0.05) is 52.4 Å². The lowest BCUT2D eigenvalue weighted by molar-refractivity contribution is 0.0747. The summed E-state index contributed by atoms with van der Waals surface area (Å²) in [6.45, 7) is 3.44. The Morgan fingerprint density at radius 2 is 1.94 bits per heavy atom. The van der Waals surface area contributed by atoms with E-state index in [0.29, 0.717) is 28.2 Å². The molecule has 0 aliphatic carbocycles. The summed E-state index contributed by atoms with van der Waals surface area (Å²) in [4.78, 5) is 19.5. The first kappa shape index (κ1) is 21.7. The highest BCUT2D eigenvalue weighted by Crippen LogP contribution is 2.26. The minimum Gasteiger partial charge on any atom is -0.366 e. The average Bonchev–Trinajstić information content (AvgIpc) is 3.47. The molecular formula is C25H23Cl2N5O. The molecule has 1 N–H and O–H groups in total. The number of rotatable bonds is 5. The van der Waals surface area contributed by atoms with Crippen LogP contribution in [-0.4, -0.2) is 38.0 Å². The first-order chi connectivity index (χ1) is 16.0. The molecule has 1 aliphatic rings. The topological polar surface area (TPSA) is 62.5 Å². The number of aromatic nitrogens is 3. The predicted molar refractivity (Wildman–Crippen MR) is 132 cm³/mol. The summed E-state index contributed by atoms with van der Waals surface area (Å²) in [7, 11) is 0. The first-order valence-corrected chi connectivity index (χ1v) is 11.7. The van der Waals surface area contributed by atoms with Crippen molar-refractivity contribution in [2.75, 3.05) is 11.9 Å². The number of fused-ring (bicyclic) bond motifs is 1. The zero-order valence-corrected chi connectivity index (χ0v) is 19.6. The van der Waals surface area contributed by atoms with Crippen molar-refractivity contribution in [3.8, 4) is 11.3 Å². The van der Waals surface area contributed by atoms with Gasteiger partial charge < -0.3 is 10.2 Å². The molecule has 1 unspecified atom stereocenters. The molecule has 0 saturated carbocycles. The number of anilines is 1. The Morgan fingerprint density at radius 3 is 2.67 bits per heavy atom.